The molecule has 0 saturated carbocycles. The third-order valence-corrected chi connectivity index (χ3v) is 5.56. The summed E-state index contributed by atoms with van der Waals surface area (Å²) >= 11 is 0. The number of nitro groups is 1. The minimum Gasteiger partial charge on any atom is -0.496 e. The molecule has 0 unspecified atom stereocenters. The topological polar surface area (TPSA) is 115 Å². The van der Waals surface area contributed by atoms with E-state index in [1.807, 2.05) is 4.90 Å². The SMILES string of the molecule is COc1ccc([N+](=O)[O-])cc1C(=O)N1CCN(Cc2nc(-c3cccc(C(F)(F)F)c3)no2)CC1. The van der Waals surface area contributed by atoms with Crippen molar-refractivity contribution >= 4 is 11.6 Å². The molecule has 0 aliphatic carbocycles. The van der Waals surface area contributed by atoms with Gasteiger partial charge in [0.25, 0.3) is 11.6 Å². The molecule has 0 atom stereocenters. The van der Waals surface area contributed by atoms with Crippen molar-refractivity contribution in [1.82, 2.24) is 19.9 Å². The third-order valence-electron chi connectivity index (χ3n) is 5.56. The number of rotatable bonds is 6. The van der Waals surface area contributed by atoms with Crippen molar-refractivity contribution in [3.8, 4) is 17.1 Å². The molecule has 1 aliphatic heterocycles. The summed E-state index contributed by atoms with van der Waals surface area (Å²) in [6.07, 6.45) is -4.48. The van der Waals surface area contributed by atoms with Crippen LogP contribution in [0.2, 0.25) is 0 Å². The van der Waals surface area contributed by atoms with Crippen molar-refractivity contribution in [2.45, 2.75) is 12.7 Å². The molecule has 1 saturated heterocycles. The van der Waals surface area contributed by atoms with Crippen molar-refractivity contribution in [3.63, 3.8) is 0 Å². The predicted octanol–water partition coefficient (Wildman–Crippen LogP) is 3.63. The number of non-ortho nitro benzene ring substituents is 1. The Bertz CT molecular complexity index is 1240. The van der Waals surface area contributed by atoms with Crippen LogP contribution in [0.1, 0.15) is 21.8 Å². The van der Waals surface area contributed by atoms with Gasteiger partial charge >= 0.3 is 6.18 Å². The molecule has 1 aliphatic rings. The molecule has 35 heavy (non-hydrogen) atoms. The summed E-state index contributed by atoms with van der Waals surface area (Å²) in [6, 6.07) is 8.53. The predicted molar refractivity (Wildman–Crippen MR) is 116 cm³/mol. The minimum absolute atomic E-state index is 0.0534. The number of hydrogen-bond acceptors (Lipinski definition) is 8. The van der Waals surface area contributed by atoms with Gasteiger partial charge in [0, 0.05) is 43.9 Å². The van der Waals surface area contributed by atoms with Crippen molar-refractivity contribution in [3.05, 3.63) is 69.6 Å². The van der Waals surface area contributed by atoms with E-state index in [1.165, 1.54) is 37.4 Å². The van der Waals surface area contributed by atoms with Gasteiger partial charge in [-0.05, 0) is 18.2 Å². The van der Waals surface area contributed by atoms with Crippen LogP contribution in [0, 0.1) is 10.1 Å². The third kappa shape index (κ3) is 5.40. The maximum absolute atomic E-state index is 13.0. The number of halogens is 3. The number of carbonyl (C=O) groups excluding carboxylic acids is 1. The molecule has 4 rings (SSSR count). The lowest BCUT2D eigenvalue weighted by atomic mass is 10.1. The molecule has 1 amide bonds. The zero-order valence-electron chi connectivity index (χ0n) is 18.5. The van der Waals surface area contributed by atoms with Gasteiger partial charge in [0.15, 0.2) is 0 Å². The van der Waals surface area contributed by atoms with E-state index in [0.717, 1.165) is 12.1 Å². The molecule has 13 heteroatoms. The number of hydrogen-bond donors (Lipinski definition) is 0. The second-order valence-corrected chi connectivity index (χ2v) is 7.80. The van der Waals surface area contributed by atoms with E-state index in [1.54, 1.807) is 4.90 Å². The molecule has 0 radical (unpaired) electrons. The molecule has 1 fully saturated rings. The fraction of sp³-hybridized carbons (Fsp3) is 0.318. The maximum atomic E-state index is 13.0. The van der Waals surface area contributed by atoms with Crippen LogP contribution >= 0.6 is 0 Å². The minimum atomic E-state index is -4.48. The summed E-state index contributed by atoms with van der Waals surface area (Å²) in [5.41, 5.74) is -0.711. The fourth-order valence-corrected chi connectivity index (χ4v) is 3.72. The Balaban J connectivity index is 1.39. The second-order valence-electron chi connectivity index (χ2n) is 7.80. The Hall–Kier alpha value is -4.00. The quantitative estimate of drug-likeness (QED) is 0.379. The van der Waals surface area contributed by atoms with E-state index in [0.29, 0.717) is 26.2 Å². The van der Waals surface area contributed by atoms with Gasteiger partial charge in [-0.2, -0.15) is 18.2 Å². The molecule has 3 aromatic rings. The van der Waals surface area contributed by atoms with Gasteiger partial charge in [0.1, 0.15) is 5.75 Å². The van der Waals surface area contributed by atoms with E-state index in [2.05, 4.69) is 10.1 Å². The van der Waals surface area contributed by atoms with Crippen molar-refractivity contribution < 1.29 is 32.1 Å². The van der Waals surface area contributed by atoms with Gasteiger partial charge in [-0.25, -0.2) is 0 Å². The summed E-state index contributed by atoms with van der Waals surface area (Å²) in [5, 5.41) is 14.9. The second kappa shape index (κ2) is 9.70. The Labute approximate surface area is 197 Å². The molecule has 0 spiro atoms. The number of nitrogens with zero attached hydrogens (tertiary/aromatic N) is 5. The normalized spacial score (nSPS) is 14.7. The number of aromatic nitrogens is 2. The zero-order valence-corrected chi connectivity index (χ0v) is 18.5. The maximum Gasteiger partial charge on any atom is 0.416 e. The summed E-state index contributed by atoms with van der Waals surface area (Å²) in [4.78, 5) is 31.2. The number of ether oxygens (including phenoxy) is 1. The number of amides is 1. The summed E-state index contributed by atoms with van der Waals surface area (Å²) in [6.45, 7) is 1.88. The number of methoxy groups -OCH3 is 1. The van der Waals surface area contributed by atoms with Crippen LogP contribution in [0.4, 0.5) is 18.9 Å². The summed E-state index contributed by atoms with van der Waals surface area (Å²) in [5.74, 6) is 0.154. The summed E-state index contributed by atoms with van der Waals surface area (Å²) in [7, 11) is 1.38. The highest BCUT2D eigenvalue weighted by Crippen LogP contribution is 2.31. The highest BCUT2D eigenvalue weighted by molar-refractivity contribution is 5.97. The molecule has 0 N–H and O–H groups in total. The van der Waals surface area contributed by atoms with Gasteiger partial charge in [-0.3, -0.25) is 19.8 Å². The van der Waals surface area contributed by atoms with Crippen LogP contribution in [0.5, 0.6) is 5.75 Å². The van der Waals surface area contributed by atoms with Crippen molar-refractivity contribution in [1.29, 1.82) is 0 Å². The first-order chi connectivity index (χ1) is 16.7. The van der Waals surface area contributed by atoms with Crippen LogP contribution in [0.3, 0.4) is 0 Å². The van der Waals surface area contributed by atoms with Gasteiger partial charge in [-0.15, -0.1) is 0 Å². The fourth-order valence-electron chi connectivity index (χ4n) is 3.72. The Morgan fingerprint density at radius 3 is 2.57 bits per heavy atom. The van der Waals surface area contributed by atoms with E-state index < -0.39 is 16.7 Å². The molecule has 10 nitrogen and oxygen atoms in total. The van der Waals surface area contributed by atoms with Crippen LogP contribution in [0.25, 0.3) is 11.4 Å². The molecule has 1 aromatic heterocycles. The van der Waals surface area contributed by atoms with Gasteiger partial charge in [0.05, 0.1) is 29.7 Å². The van der Waals surface area contributed by atoms with E-state index in [9.17, 15) is 28.1 Å². The van der Waals surface area contributed by atoms with Crippen molar-refractivity contribution in [2.75, 3.05) is 33.3 Å². The number of carbonyl (C=O) groups is 1. The van der Waals surface area contributed by atoms with E-state index in [-0.39, 0.29) is 46.7 Å². The van der Waals surface area contributed by atoms with Gasteiger partial charge in [0.2, 0.25) is 11.7 Å². The molecule has 184 valence electrons. The van der Waals surface area contributed by atoms with Crippen LogP contribution in [-0.4, -0.2) is 64.1 Å². The largest absolute Gasteiger partial charge is 0.496 e. The molecular weight excluding hydrogens is 471 g/mol. The average Bonchev–Trinajstić information content (AvgIpc) is 3.31. The number of nitro benzene ring substituents is 1. The first kappa shape index (κ1) is 24.1. The standard InChI is InChI=1S/C22H20F3N5O5/c1-34-18-6-5-16(30(32)33)12-17(18)21(31)29-9-7-28(8-10-29)13-19-26-20(27-35-19)14-3-2-4-15(11-14)22(23,24)25/h2-6,11-12H,7-10,13H2,1H3. The number of piperazine rings is 1. The lowest BCUT2D eigenvalue weighted by Crippen LogP contribution is -2.48. The summed E-state index contributed by atoms with van der Waals surface area (Å²) < 4.78 is 49.3. The van der Waals surface area contributed by atoms with Crippen LogP contribution in [-0.2, 0) is 12.7 Å². The van der Waals surface area contributed by atoms with Gasteiger partial charge < -0.3 is 14.2 Å². The first-order valence-electron chi connectivity index (χ1n) is 10.5. The highest BCUT2D eigenvalue weighted by atomic mass is 19.4. The number of benzene rings is 2. The van der Waals surface area contributed by atoms with E-state index in [4.69, 9.17) is 9.26 Å². The highest BCUT2D eigenvalue weighted by Gasteiger charge is 2.31. The first-order valence-corrected chi connectivity index (χ1v) is 10.5. The molecule has 0 bridgehead atoms. The monoisotopic (exact) mass is 491 g/mol. The molecule has 2 aromatic carbocycles. The van der Waals surface area contributed by atoms with Crippen LogP contribution in [0.15, 0.2) is 47.0 Å². The Morgan fingerprint density at radius 1 is 1.17 bits per heavy atom. The average molecular weight is 491 g/mol. The molecular formula is C22H20F3N5O5. The smallest absolute Gasteiger partial charge is 0.416 e. The Morgan fingerprint density at radius 2 is 1.91 bits per heavy atom. The Kier molecular flexibility index (Phi) is 6.69. The van der Waals surface area contributed by atoms with Gasteiger partial charge in [-0.1, -0.05) is 17.3 Å². The zero-order chi connectivity index (χ0) is 25.2. The van der Waals surface area contributed by atoms with Crippen molar-refractivity contribution in [2.24, 2.45) is 0 Å². The lowest BCUT2D eigenvalue weighted by molar-refractivity contribution is -0.384. The number of alkyl halides is 3. The van der Waals surface area contributed by atoms with Crippen LogP contribution < -0.4 is 4.74 Å². The van der Waals surface area contributed by atoms with E-state index >= 15 is 0 Å². The lowest BCUT2D eigenvalue weighted by Gasteiger charge is -2.34. The molecule has 2 heterocycles.